The molecule has 0 saturated heterocycles. The number of carboxylic acid groups (broad SMARTS) is 1. The van der Waals surface area contributed by atoms with Crippen molar-refractivity contribution in [3.63, 3.8) is 0 Å². The predicted octanol–water partition coefficient (Wildman–Crippen LogP) is -1.90. The minimum Gasteiger partial charge on any atom is -0.748 e. The molecular formula is C49H53N2Na3O15S4. The molecule has 0 amide bonds. The minimum atomic E-state index is -4.99. The Morgan fingerprint density at radius 2 is 1.27 bits per heavy atom. The molecule has 0 aromatic heterocycles. The van der Waals surface area contributed by atoms with Gasteiger partial charge in [-0.1, -0.05) is 50.1 Å². The van der Waals surface area contributed by atoms with Crippen molar-refractivity contribution in [2.45, 2.75) is 112 Å². The normalized spacial score (nSPS) is 21.6. The van der Waals surface area contributed by atoms with Crippen molar-refractivity contribution >= 4 is 57.8 Å². The maximum absolute atomic E-state index is 12.9. The molecule has 17 nitrogen and oxygen atoms in total. The first kappa shape index (κ1) is 61.7. The molecule has 0 spiro atoms. The van der Waals surface area contributed by atoms with Gasteiger partial charge in [0.1, 0.15) is 31.7 Å². The van der Waals surface area contributed by atoms with E-state index in [0.717, 1.165) is 11.1 Å². The van der Waals surface area contributed by atoms with Crippen molar-refractivity contribution < 1.29 is 155 Å². The summed E-state index contributed by atoms with van der Waals surface area (Å²) in [6.45, 7) is 4.63. The summed E-state index contributed by atoms with van der Waals surface area (Å²) in [6.07, 6.45) is 13.8. The summed E-state index contributed by atoms with van der Waals surface area (Å²) >= 11 is 0. The summed E-state index contributed by atoms with van der Waals surface area (Å²) in [4.78, 5) is 15.0. The minimum absolute atomic E-state index is 0. The van der Waals surface area contributed by atoms with Crippen molar-refractivity contribution in [2.24, 2.45) is 0 Å². The Labute approximate surface area is 494 Å². The van der Waals surface area contributed by atoms with Crippen LogP contribution in [0.1, 0.15) is 111 Å². The number of rotatable bonds is 18. The SMILES string of the molecule is CC1(CCCCS(=O)(=O)O)C(C=CC2=C(Oc3ccc(C(=O)O)cc3)C(=CC=C3N4CCCc5ccc(S(=O)(=O)[O-])c(c54)C3(C)CCCCS(=O)(=O)[O-])CCC2)=CN2CCc3ccc(S(=O)(=O)[O-])c1c32.[Na+].[Na+].[Na+]. The van der Waals surface area contributed by atoms with E-state index in [4.69, 9.17) is 4.74 Å². The van der Waals surface area contributed by atoms with Gasteiger partial charge in [0.25, 0.3) is 10.1 Å². The monoisotopic (exact) mass is 1110 g/mol. The van der Waals surface area contributed by atoms with Crippen LogP contribution in [0.3, 0.4) is 0 Å². The van der Waals surface area contributed by atoms with Crippen LogP contribution in [0.15, 0.2) is 117 Å². The van der Waals surface area contributed by atoms with Crippen molar-refractivity contribution in [3.05, 3.63) is 135 Å². The number of nitrogens with zero attached hydrogens (tertiary/aromatic N) is 2. The second-order valence-corrected chi connectivity index (χ2v) is 24.7. The van der Waals surface area contributed by atoms with Crippen LogP contribution in [0, 0.1) is 0 Å². The van der Waals surface area contributed by atoms with Gasteiger partial charge in [-0.05, 0) is 141 Å². The number of hydrogen-bond donors (Lipinski definition) is 2. The molecule has 4 aliphatic heterocycles. The van der Waals surface area contributed by atoms with Gasteiger partial charge in [-0.2, -0.15) is 8.42 Å². The van der Waals surface area contributed by atoms with Crippen LogP contribution < -0.4 is 103 Å². The largest absolute Gasteiger partial charge is 1.00 e. The quantitative estimate of drug-likeness (QED) is 0.0800. The summed E-state index contributed by atoms with van der Waals surface area (Å²) < 4.78 is 152. The van der Waals surface area contributed by atoms with Crippen molar-refractivity contribution in [1.82, 2.24) is 0 Å². The Hall–Kier alpha value is -2.13. The summed E-state index contributed by atoms with van der Waals surface area (Å²) in [5, 5.41) is 9.63. The predicted molar refractivity (Wildman–Crippen MR) is 257 cm³/mol. The summed E-state index contributed by atoms with van der Waals surface area (Å²) in [6, 6.07) is 11.8. The molecule has 0 saturated carbocycles. The van der Waals surface area contributed by atoms with E-state index in [0.29, 0.717) is 108 Å². The zero-order valence-corrected chi connectivity index (χ0v) is 50.8. The second kappa shape index (κ2) is 23.9. The van der Waals surface area contributed by atoms with Gasteiger partial charge in [-0.25, -0.2) is 30.0 Å². The van der Waals surface area contributed by atoms with Crippen molar-refractivity contribution in [3.8, 4) is 5.75 Å². The standard InChI is InChI=1S/C49H56N2O15S4.3Na/c1-48(25-3-5-29-67(54,55)56)37(31-50-28-24-33-16-22-39(69(60,61)62)42(48)44(33)50)18-12-34-9-7-10-35(46(34)66-38-19-13-36(14-20-38)47(52)53)17-23-41-49(2,26-4-6-30-68(57,58)59)43-40(70(63,64)65)21-15-32-11-8-27-51(41)45(32)43;;;/h12-23,31H,3-11,24-30H2,1-2H3,(H,52,53)(H,54,55,56)(H,57,58,59)(H,60,61,62)(H,63,64,65);;;/q;3*+1/p-3. The number of benzene rings is 3. The van der Waals surface area contributed by atoms with E-state index in [1.807, 2.05) is 54.2 Å². The number of carboxylic acids is 1. The fraction of sp³-hybridized carbons (Fsp3) is 0.408. The molecular weight excluding hydrogens is 1050 g/mol. The molecule has 4 heterocycles. The van der Waals surface area contributed by atoms with E-state index < -0.39 is 68.8 Å². The molecule has 376 valence electrons. The number of unbranched alkanes of at least 4 members (excludes halogenated alkanes) is 2. The topological polar surface area (TPSA) is 279 Å². The molecule has 3 aromatic carbocycles. The third-order valence-electron chi connectivity index (χ3n) is 14.2. The average Bonchev–Trinajstić information content (AvgIpc) is 3.80. The van der Waals surface area contributed by atoms with Crippen LogP contribution in [-0.4, -0.2) is 87.6 Å². The van der Waals surface area contributed by atoms with Crippen LogP contribution in [-0.2, 0) is 64.1 Å². The van der Waals surface area contributed by atoms with E-state index in [2.05, 4.69) is 0 Å². The van der Waals surface area contributed by atoms with Crippen LogP contribution >= 0.6 is 0 Å². The first-order valence-corrected chi connectivity index (χ1v) is 29.0. The van der Waals surface area contributed by atoms with Gasteiger partial charge in [0.2, 0.25) is 0 Å². The number of aryl methyl sites for hydroxylation is 1. The average molecular weight is 1110 g/mol. The molecule has 1 aliphatic carbocycles. The van der Waals surface area contributed by atoms with Gasteiger partial charge in [0.15, 0.2) is 0 Å². The van der Waals surface area contributed by atoms with Crippen LogP contribution in [0.4, 0.5) is 11.4 Å². The van der Waals surface area contributed by atoms with E-state index >= 15 is 0 Å². The molecule has 2 N–H and O–H groups in total. The summed E-state index contributed by atoms with van der Waals surface area (Å²) in [7, 11) is -18.8. The smallest absolute Gasteiger partial charge is 0.748 e. The van der Waals surface area contributed by atoms with E-state index in [9.17, 15) is 61.8 Å². The molecule has 0 radical (unpaired) electrons. The van der Waals surface area contributed by atoms with E-state index in [1.54, 1.807) is 12.1 Å². The molecule has 5 aliphatic rings. The van der Waals surface area contributed by atoms with Gasteiger partial charge in [0.05, 0.1) is 31.2 Å². The first-order valence-electron chi connectivity index (χ1n) is 23.0. The molecule has 73 heavy (non-hydrogen) atoms. The molecule has 2 unspecified atom stereocenters. The Morgan fingerprint density at radius 3 is 1.86 bits per heavy atom. The van der Waals surface area contributed by atoms with E-state index in [-0.39, 0.29) is 143 Å². The molecule has 0 bridgehead atoms. The molecule has 0 fully saturated rings. The Balaban J connectivity index is 0.00000329. The maximum atomic E-state index is 12.9. The zero-order valence-electron chi connectivity index (χ0n) is 41.5. The fourth-order valence-electron chi connectivity index (χ4n) is 10.9. The first-order chi connectivity index (χ1) is 32.8. The number of ether oxygens (including phenoxy) is 1. The molecule has 24 heteroatoms. The number of allylic oxidation sites excluding steroid dienone is 8. The van der Waals surface area contributed by atoms with E-state index in [1.165, 1.54) is 36.4 Å². The Morgan fingerprint density at radius 1 is 0.685 bits per heavy atom. The zero-order chi connectivity index (χ0) is 50.6. The Kier molecular flexibility index (Phi) is 20.2. The maximum Gasteiger partial charge on any atom is 1.00 e. The third-order valence-corrected chi connectivity index (χ3v) is 17.6. The summed E-state index contributed by atoms with van der Waals surface area (Å²) in [5.41, 5.74) is 4.05. The van der Waals surface area contributed by atoms with Crippen LogP contribution in [0.5, 0.6) is 5.75 Å². The van der Waals surface area contributed by atoms with Gasteiger partial charge in [-0.15, -0.1) is 0 Å². The Bertz CT molecular complexity index is 3280. The molecule has 3 aromatic rings. The number of aromatic carboxylic acids is 1. The van der Waals surface area contributed by atoms with Crippen molar-refractivity contribution in [1.29, 1.82) is 0 Å². The third kappa shape index (κ3) is 13.4. The van der Waals surface area contributed by atoms with Gasteiger partial charge in [0, 0.05) is 64.1 Å². The van der Waals surface area contributed by atoms with Gasteiger partial charge < -0.3 is 33.3 Å². The van der Waals surface area contributed by atoms with Gasteiger partial charge >= 0.3 is 94.6 Å². The van der Waals surface area contributed by atoms with Gasteiger partial charge in [-0.3, -0.25) is 4.55 Å². The molecule has 8 rings (SSSR count). The molecule has 2 atom stereocenters. The number of hydrogen-bond acceptors (Lipinski definition) is 15. The van der Waals surface area contributed by atoms with Crippen LogP contribution in [0.2, 0.25) is 0 Å². The number of anilines is 2. The van der Waals surface area contributed by atoms with Crippen LogP contribution in [0.25, 0.3) is 0 Å². The summed E-state index contributed by atoms with van der Waals surface area (Å²) in [5.74, 6) is -1.53. The number of carbonyl (C=O) groups is 1. The van der Waals surface area contributed by atoms with Crippen molar-refractivity contribution in [2.75, 3.05) is 34.4 Å². The fourth-order valence-corrected chi connectivity index (χ4v) is 13.7. The second-order valence-electron chi connectivity index (χ2n) is 18.9.